The maximum Gasteiger partial charge on any atom is 0.238 e. The Bertz CT molecular complexity index is 1490. The summed E-state index contributed by atoms with van der Waals surface area (Å²) < 4.78 is 8.72. The summed E-state index contributed by atoms with van der Waals surface area (Å²) in [7, 11) is 0. The molecule has 0 fully saturated rings. The molecule has 0 aliphatic rings. The van der Waals surface area contributed by atoms with Crippen LogP contribution in [0.5, 0.6) is 0 Å². The van der Waals surface area contributed by atoms with Crippen molar-refractivity contribution in [2.45, 2.75) is 40.2 Å². The molecule has 0 saturated heterocycles. The van der Waals surface area contributed by atoms with Crippen molar-refractivity contribution in [3.05, 3.63) is 72.1 Å². The summed E-state index contributed by atoms with van der Waals surface area (Å²) in [6.07, 6.45) is 7.54. The molecule has 9 heteroatoms. The Balaban J connectivity index is 1.37. The van der Waals surface area contributed by atoms with Crippen LogP contribution in [0.15, 0.2) is 59.6 Å². The fourth-order valence-corrected chi connectivity index (χ4v) is 3.84. The standard InChI is InChI=1S/C25H25N7O2/c1-15(2)32-14-19(13-27-32)24-16(3)12-26-25(29-24)28-20-5-6-22-18(10-20)7-8-31(22)23(33)11-21-9-17(4)30-34-21/h5-10,12-15H,11H2,1-4H3,(H,26,28,29). The predicted octanol–water partition coefficient (Wildman–Crippen LogP) is 5.11. The van der Waals surface area contributed by atoms with E-state index in [2.05, 4.69) is 34.4 Å². The maximum atomic E-state index is 12.8. The van der Waals surface area contributed by atoms with Gasteiger partial charge in [-0.25, -0.2) is 9.97 Å². The zero-order valence-electron chi connectivity index (χ0n) is 19.5. The quantitative estimate of drug-likeness (QED) is 0.379. The highest BCUT2D eigenvalue weighted by atomic mass is 16.5. The average molecular weight is 456 g/mol. The van der Waals surface area contributed by atoms with Crippen LogP contribution in [0.1, 0.15) is 41.7 Å². The highest BCUT2D eigenvalue weighted by molar-refractivity contribution is 5.94. The number of benzene rings is 1. The highest BCUT2D eigenvalue weighted by Crippen LogP contribution is 2.26. The van der Waals surface area contributed by atoms with Crippen LogP contribution in [0.3, 0.4) is 0 Å². The van der Waals surface area contributed by atoms with Gasteiger partial charge in [0.25, 0.3) is 0 Å². The summed E-state index contributed by atoms with van der Waals surface area (Å²) >= 11 is 0. The van der Waals surface area contributed by atoms with Crippen LogP contribution in [-0.2, 0) is 6.42 Å². The third-order valence-corrected chi connectivity index (χ3v) is 5.59. The number of carbonyl (C=O) groups excluding carboxylic acids is 1. The van der Waals surface area contributed by atoms with Gasteiger partial charge in [-0.1, -0.05) is 5.16 Å². The Hall–Kier alpha value is -4.27. The lowest BCUT2D eigenvalue weighted by molar-refractivity contribution is 0.0910. The first kappa shape index (κ1) is 21.6. The summed E-state index contributed by atoms with van der Waals surface area (Å²) in [4.78, 5) is 21.9. The highest BCUT2D eigenvalue weighted by Gasteiger charge is 2.14. The summed E-state index contributed by atoms with van der Waals surface area (Å²) in [5.74, 6) is 0.961. The number of fused-ring (bicyclic) bond motifs is 1. The zero-order chi connectivity index (χ0) is 23.8. The van der Waals surface area contributed by atoms with E-state index in [1.165, 1.54) is 0 Å². The van der Waals surface area contributed by atoms with E-state index >= 15 is 0 Å². The smallest absolute Gasteiger partial charge is 0.238 e. The molecule has 1 N–H and O–H groups in total. The van der Waals surface area contributed by atoms with Gasteiger partial charge in [-0.3, -0.25) is 14.0 Å². The lowest BCUT2D eigenvalue weighted by Gasteiger charge is -2.09. The van der Waals surface area contributed by atoms with E-state index in [-0.39, 0.29) is 18.4 Å². The van der Waals surface area contributed by atoms with Gasteiger partial charge in [-0.15, -0.1) is 0 Å². The second-order valence-electron chi connectivity index (χ2n) is 8.62. The summed E-state index contributed by atoms with van der Waals surface area (Å²) in [6.45, 7) is 7.99. The summed E-state index contributed by atoms with van der Waals surface area (Å²) in [5, 5.41) is 12.5. The third kappa shape index (κ3) is 4.19. The van der Waals surface area contributed by atoms with Crippen molar-refractivity contribution in [2.24, 2.45) is 0 Å². The number of aromatic nitrogens is 6. The largest absolute Gasteiger partial charge is 0.361 e. The van der Waals surface area contributed by atoms with E-state index in [4.69, 9.17) is 9.51 Å². The van der Waals surface area contributed by atoms with Gasteiger partial charge in [0.15, 0.2) is 0 Å². The van der Waals surface area contributed by atoms with E-state index in [1.807, 2.05) is 55.2 Å². The van der Waals surface area contributed by atoms with Crippen molar-refractivity contribution in [1.29, 1.82) is 0 Å². The maximum absolute atomic E-state index is 12.8. The molecular weight excluding hydrogens is 430 g/mol. The number of hydrogen-bond acceptors (Lipinski definition) is 7. The SMILES string of the molecule is Cc1cc(CC(=O)n2ccc3cc(Nc4ncc(C)c(-c5cnn(C(C)C)c5)n4)ccc32)on1. The van der Waals surface area contributed by atoms with Crippen LogP contribution in [0.2, 0.25) is 0 Å². The monoisotopic (exact) mass is 455 g/mol. The Morgan fingerprint density at radius 1 is 1.15 bits per heavy atom. The van der Waals surface area contributed by atoms with Crippen LogP contribution in [0, 0.1) is 13.8 Å². The van der Waals surface area contributed by atoms with E-state index in [9.17, 15) is 4.79 Å². The molecule has 0 spiro atoms. The first-order valence-electron chi connectivity index (χ1n) is 11.1. The molecule has 4 aromatic heterocycles. The molecule has 0 atom stereocenters. The molecule has 34 heavy (non-hydrogen) atoms. The Kier molecular flexibility index (Phi) is 5.45. The molecule has 0 aliphatic heterocycles. The fraction of sp³-hybridized carbons (Fsp3) is 0.240. The van der Waals surface area contributed by atoms with Gasteiger partial charge in [-0.05, 0) is 57.5 Å². The van der Waals surface area contributed by atoms with Crippen LogP contribution >= 0.6 is 0 Å². The minimum absolute atomic E-state index is 0.0830. The molecule has 5 rings (SSSR count). The van der Waals surface area contributed by atoms with Gasteiger partial charge >= 0.3 is 0 Å². The minimum atomic E-state index is -0.0830. The van der Waals surface area contributed by atoms with Crippen LogP contribution in [-0.4, -0.2) is 35.4 Å². The molecule has 0 bridgehead atoms. The van der Waals surface area contributed by atoms with Crippen molar-refractivity contribution in [3.63, 3.8) is 0 Å². The first-order chi connectivity index (χ1) is 16.4. The van der Waals surface area contributed by atoms with Gasteiger partial charge < -0.3 is 9.84 Å². The number of anilines is 2. The molecule has 1 aromatic carbocycles. The van der Waals surface area contributed by atoms with Crippen molar-refractivity contribution < 1.29 is 9.32 Å². The van der Waals surface area contributed by atoms with Gasteiger partial charge in [0.05, 0.1) is 29.5 Å². The number of aryl methyl sites for hydroxylation is 2. The van der Waals surface area contributed by atoms with Crippen LogP contribution in [0.25, 0.3) is 22.2 Å². The van der Waals surface area contributed by atoms with Crippen LogP contribution < -0.4 is 5.32 Å². The van der Waals surface area contributed by atoms with Crippen molar-refractivity contribution in [1.82, 2.24) is 29.5 Å². The second kappa shape index (κ2) is 8.58. The van der Waals surface area contributed by atoms with Gasteiger partial charge in [0, 0.05) is 47.3 Å². The number of carbonyl (C=O) groups is 1. The lowest BCUT2D eigenvalue weighted by atomic mass is 10.1. The molecular formula is C25H25N7O2. The molecule has 0 saturated carbocycles. The zero-order valence-corrected chi connectivity index (χ0v) is 19.5. The van der Waals surface area contributed by atoms with Crippen molar-refractivity contribution in [2.75, 3.05) is 5.32 Å². The average Bonchev–Trinajstić information content (AvgIpc) is 3.54. The number of nitrogens with zero attached hydrogens (tertiary/aromatic N) is 6. The molecule has 5 aromatic rings. The summed E-state index contributed by atoms with van der Waals surface area (Å²) in [5.41, 5.74) is 5.16. The number of rotatable bonds is 6. The van der Waals surface area contributed by atoms with E-state index in [1.54, 1.807) is 23.0 Å². The van der Waals surface area contributed by atoms with E-state index in [0.29, 0.717) is 11.7 Å². The van der Waals surface area contributed by atoms with Crippen LogP contribution in [0.4, 0.5) is 11.6 Å². The van der Waals surface area contributed by atoms with E-state index in [0.717, 1.165) is 39.1 Å². The van der Waals surface area contributed by atoms with Gasteiger partial charge in [0.1, 0.15) is 5.76 Å². The minimum Gasteiger partial charge on any atom is -0.361 e. The Morgan fingerprint density at radius 3 is 2.74 bits per heavy atom. The lowest BCUT2D eigenvalue weighted by Crippen LogP contribution is -2.11. The van der Waals surface area contributed by atoms with Crippen molar-refractivity contribution >= 4 is 28.4 Å². The van der Waals surface area contributed by atoms with Gasteiger partial charge in [0.2, 0.25) is 11.9 Å². The second-order valence-corrected chi connectivity index (χ2v) is 8.62. The van der Waals surface area contributed by atoms with Crippen molar-refractivity contribution in [3.8, 4) is 11.3 Å². The number of nitrogens with one attached hydrogen (secondary N) is 1. The molecule has 0 radical (unpaired) electrons. The molecule has 4 heterocycles. The third-order valence-electron chi connectivity index (χ3n) is 5.59. The molecule has 0 amide bonds. The molecule has 172 valence electrons. The normalized spacial score (nSPS) is 11.4. The molecule has 0 unspecified atom stereocenters. The predicted molar refractivity (Wildman–Crippen MR) is 129 cm³/mol. The summed E-state index contributed by atoms with van der Waals surface area (Å²) in [6, 6.07) is 9.74. The van der Waals surface area contributed by atoms with E-state index < -0.39 is 0 Å². The number of hydrogen-bond donors (Lipinski definition) is 1. The molecule has 9 nitrogen and oxygen atoms in total. The first-order valence-corrected chi connectivity index (χ1v) is 11.1. The Labute approximate surface area is 196 Å². The Morgan fingerprint density at radius 2 is 2.00 bits per heavy atom. The fourth-order valence-electron chi connectivity index (χ4n) is 3.84. The van der Waals surface area contributed by atoms with Gasteiger partial charge in [-0.2, -0.15) is 5.10 Å². The molecule has 0 aliphatic carbocycles. The topological polar surface area (TPSA) is 104 Å².